The molecule has 3 fully saturated rings. The number of anilines is 2. The van der Waals surface area contributed by atoms with Gasteiger partial charge >= 0.3 is 0 Å². The summed E-state index contributed by atoms with van der Waals surface area (Å²) in [6, 6.07) is 8.31. The number of primary amides is 1. The van der Waals surface area contributed by atoms with Gasteiger partial charge in [-0.1, -0.05) is 48.4 Å². The Bertz CT molecular complexity index is 1210. The first-order chi connectivity index (χ1) is 18.6. The van der Waals surface area contributed by atoms with Gasteiger partial charge < -0.3 is 20.3 Å². The Morgan fingerprint density at radius 3 is 2.05 bits per heavy atom. The molecule has 2 saturated heterocycles. The Labute approximate surface area is 227 Å². The van der Waals surface area contributed by atoms with E-state index in [1.165, 1.54) is 25.7 Å². The molecule has 1 aromatic carbocycles. The SMILES string of the molecule is NC(=O)C1CCN(c2nnc(-c3ccc(-c4cnc(N5CCC(OC6CCCC6)CC5)nc4)cc3)s2)CC1. The molecule has 0 unspecified atom stereocenters. The molecule has 1 aliphatic carbocycles. The summed E-state index contributed by atoms with van der Waals surface area (Å²) >= 11 is 1.58. The van der Waals surface area contributed by atoms with Crippen LogP contribution in [0.5, 0.6) is 0 Å². The number of hydrogen-bond donors (Lipinski definition) is 1. The number of amides is 1. The van der Waals surface area contributed by atoms with Crippen molar-refractivity contribution in [2.45, 2.75) is 63.6 Å². The van der Waals surface area contributed by atoms with Crippen LogP contribution in [0.1, 0.15) is 51.4 Å². The Hall–Kier alpha value is -3.11. The molecular weight excluding hydrogens is 498 g/mol. The minimum atomic E-state index is -0.202. The van der Waals surface area contributed by atoms with Crippen LogP contribution in [0.2, 0.25) is 0 Å². The molecule has 0 spiro atoms. The second-order valence-corrected chi connectivity index (χ2v) is 11.6. The average molecular weight is 534 g/mol. The van der Waals surface area contributed by atoms with E-state index in [0.29, 0.717) is 12.2 Å². The van der Waals surface area contributed by atoms with E-state index < -0.39 is 0 Å². The lowest BCUT2D eigenvalue weighted by Gasteiger charge is -2.33. The minimum absolute atomic E-state index is 0.0303. The van der Waals surface area contributed by atoms with Crippen LogP contribution in [0, 0.1) is 5.92 Å². The fourth-order valence-corrected chi connectivity index (χ4v) is 6.64. The van der Waals surface area contributed by atoms with E-state index in [1.54, 1.807) is 11.3 Å². The Kier molecular flexibility index (Phi) is 7.51. The molecule has 6 rings (SSSR count). The summed E-state index contributed by atoms with van der Waals surface area (Å²) in [5.74, 6) is 0.565. The lowest BCUT2D eigenvalue weighted by atomic mass is 9.97. The number of nitrogens with zero attached hydrogens (tertiary/aromatic N) is 6. The number of hydrogen-bond acceptors (Lipinski definition) is 9. The number of nitrogens with two attached hydrogens (primary N) is 1. The summed E-state index contributed by atoms with van der Waals surface area (Å²) in [4.78, 5) is 25.2. The highest BCUT2D eigenvalue weighted by atomic mass is 32.1. The van der Waals surface area contributed by atoms with Gasteiger partial charge in [-0.2, -0.15) is 0 Å². The van der Waals surface area contributed by atoms with Gasteiger partial charge in [0.1, 0.15) is 5.01 Å². The van der Waals surface area contributed by atoms with Crippen molar-refractivity contribution in [2.24, 2.45) is 11.7 Å². The maximum absolute atomic E-state index is 11.4. The quantitative estimate of drug-likeness (QED) is 0.479. The molecule has 200 valence electrons. The third-order valence-corrected chi connectivity index (χ3v) is 9.13. The normalized spacial score (nSPS) is 19.8. The summed E-state index contributed by atoms with van der Waals surface area (Å²) in [5, 5.41) is 10.6. The fourth-order valence-electron chi connectivity index (χ4n) is 5.74. The number of piperidine rings is 2. The maximum atomic E-state index is 11.4. The summed E-state index contributed by atoms with van der Waals surface area (Å²) in [6.07, 6.45) is 13.4. The summed E-state index contributed by atoms with van der Waals surface area (Å²) < 4.78 is 6.31. The van der Waals surface area contributed by atoms with Gasteiger partial charge in [-0.15, -0.1) is 10.2 Å². The van der Waals surface area contributed by atoms with Gasteiger partial charge in [-0.25, -0.2) is 9.97 Å². The Morgan fingerprint density at radius 1 is 0.789 bits per heavy atom. The first-order valence-corrected chi connectivity index (χ1v) is 14.6. The van der Waals surface area contributed by atoms with E-state index in [9.17, 15) is 4.79 Å². The third-order valence-electron chi connectivity index (χ3n) is 8.10. The van der Waals surface area contributed by atoms with Gasteiger partial charge in [0.25, 0.3) is 0 Å². The van der Waals surface area contributed by atoms with Crippen molar-refractivity contribution in [2.75, 3.05) is 36.0 Å². The smallest absolute Gasteiger partial charge is 0.225 e. The number of carbonyl (C=O) groups excluding carboxylic acids is 1. The van der Waals surface area contributed by atoms with E-state index in [0.717, 1.165) is 84.6 Å². The molecule has 0 bridgehead atoms. The molecule has 3 aromatic rings. The molecular formula is C28H35N7O2S. The van der Waals surface area contributed by atoms with Crippen molar-refractivity contribution >= 4 is 28.3 Å². The van der Waals surface area contributed by atoms with E-state index in [-0.39, 0.29) is 11.8 Å². The van der Waals surface area contributed by atoms with E-state index >= 15 is 0 Å². The molecule has 10 heteroatoms. The van der Waals surface area contributed by atoms with Gasteiger partial charge in [-0.05, 0) is 44.1 Å². The van der Waals surface area contributed by atoms with Gasteiger partial charge in [-0.3, -0.25) is 4.79 Å². The second kappa shape index (κ2) is 11.3. The van der Waals surface area contributed by atoms with E-state index in [2.05, 4.69) is 54.2 Å². The zero-order valence-corrected chi connectivity index (χ0v) is 22.5. The van der Waals surface area contributed by atoms with Gasteiger partial charge in [0.2, 0.25) is 17.0 Å². The van der Waals surface area contributed by atoms with Crippen LogP contribution in [0.15, 0.2) is 36.7 Å². The van der Waals surface area contributed by atoms with E-state index in [4.69, 9.17) is 10.5 Å². The van der Waals surface area contributed by atoms with Crippen LogP contribution >= 0.6 is 11.3 Å². The Balaban J connectivity index is 1.04. The molecule has 0 atom stereocenters. The number of aromatic nitrogens is 4. The highest BCUT2D eigenvalue weighted by Crippen LogP contribution is 2.32. The number of ether oxygens (including phenoxy) is 1. The highest BCUT2D eigenvalue weighted by Gasteiger charge is 2.26. The number of benzene rings is 1. The van der Waals surface area contributed by atoms with Crippen LogP contribution < -0.4 is 15.5 Å². The molecule has 1 amide bonds. The molecule has 9 nitrogen and oxygen atoms in total. The molecule has 2 N–H and O–H groups in total. The first kappa shape index (κ1) is 25.2. The molecule has 2 aromatic heterocycles. The molecule has 3 aliphatic rings. The van der Waals surface area contributed by atoms with Crippen LogP contribution in [-0.2, 0) is 9.53 Å². The first-order valence-electron chi connectivity index (χ1n) is 13.8. The lowest BCUT2D eigenvalue weighted by Crippen LogP contribution is -2.39. The number of rotatable bonds is 7. The zero-order valence-electron chi connectivity index (χ0n) is 21.7. The monoisotopic (exact) mass is 533 g/mol. The average Bonchev–Trinajstić information content (AvgIpc) is 3.67. The van der Waals surface area contributed by atoms with Crippen LogP contribution in [0.3, 0.4) is 0 Å². The van der Waals surface area contributed by atoms with Gasteiger partial charge in [0, 0.05) is 55.6 Å². The largest absolute Gasteiger partial charge is 0.375 e. The van der Waals surface area contributed by atoms with Crippen molar-refractivity contribution in [3.05, 3.63) is 36.7 Å². The molecule has 0 radical (unpaired) electrons. The molecule has 38 heavy (non-hydrogen) atoms. The molecule has 4 heterocycles. The Morgan fingerprint density at radius 2 is 1.39 bits per heavy atom. The number of carbonyl (C=O) groups is 1. The van der Waals surface area contributed by atoms with Crippen LogP contribution in [0.4, 0.5) is 11.1 Å². The zero-order chi connectivity index (χ0) is 25.9. The van der Waals surface area contributed by atoms with Gasteiger partial charge in [0.15, 0.2) is 0 Å². The highest BCUT2D eigenvalue weighted by molar-refractivity contribution is 7.18. The summed E-state index contributed by atoms with van der Waals surface area (Å²) in [6.45, 7) is 3.45. The van der Waals surface area contributed by atoms with Crippen molar-refractivity contribution < 1.29 is 9.53 Å². The molecule has 1 saturated carbocycles. The minimum Gasteiger partial charge on any atom is -0.375 e. The predicted molar refractivity (Wildman–Crippen MR) is 149 cm³/mol. The van der Waals surface area contributed by atoms with Crippen molar-refractivity contribution in [1.29, 1.82) is 0 Å². The lowest BCUT2D eigenvalue weighted by molar-refractivity contribution is -0.122. The summed E-state index contributed by atoms with van der Waals surface area (Å²) in [5.41, 5.74) is 8.56. The predicted octanol–water partition coefficient (Wildman–Crippen LogP) is 4.29. The second-order valence-electron chi connectivity index (χ2n) is 10.6. The maximum Gasteiger partial charge on any atom is 0.225 e. The van der Waals surface area contributed by atoms with E-state index in [1.807, 2.05) is 12.4 Å². The van der Waals surface area contributed by atoms with Crippen molar-refractivity contribution in [3.8, 4) is 21.7 Å². The summed E-state index contributed by atoms with van der Waals surface area (Å²) in [7, 11) is 0. The van der Waals surface area contributed by atoms with Crippen LogP contribution in [-0.4, -0.2) is 64.5 Å². The topological polar surface area (TPSA) is 110 Å². The fraction of sp³-hybridized carbons (Fsp3) is 0.536. The third kappa shape index (κ3) is 5.66. The standard InChI is InChI=1S/C28H35N7O2S/c29-25(36)20-9-13-35(14-10-20)28-33-32-26(38-28)21-7-5-19(6-8-21)22-17-30-27(31-18-22)34-15-11-24(12-16-34)37-23-3-1-2-4-23/h5-8,17-18,20,23-24H,1-4,9-16H2,(H2,29,36). The van der Waals surface area contributed by atoms with Crippen LogP contribution in [0.25, 0.3) is 21.7 Å². The molecule has 2 aliphatic heterocycles. The van der Waals surface area contributed by atoms with Crippen molar-refractivity contribution in [1.82, 2.24) is 20.2 Å². The van der Waals surface area contributed by atoms with Gasteiger partial charge in [0.05, 0.1) is 12.2 Å². The van der Waals surface area contributed by atoms with Crippen molar-refractivity contribution in [3.63, 3.8) is 0 Å².